The molecule has 0 fully saturated rings. The van der Waals surface area contributed by atoms with Crippen LogP contribution in [0, 0.1) is 0 Å². The fourth-order valence-corrected chi connectivity index (χ4v) is 10.4. The molecule has 12 rings (SSSR count). The van der Waals surface area contributed by atoms with Gasteiger partial charge in [-0.15, -0.1) is 11.3 Å². The van der Waals surface area contributed by atoms with E-state index in [-0.39, 0.29) is 0 Å². The molecule has 0 N–H and O–H groups in total. The molecule has 3 heteroatoms. The van der Waals surface area contributed by atoms with Crippen LogP contribution in [0.2, 0.25) is 0 Å². The van der Waals surface area contributed by atoms with Crippen LogP contribution in [0.15, 0.2) is 164 Å². The first kappa shape index (κ1) is 26.8. The molecular formula is C47H27NOS. The van der Waals surface area contributed by atoms with Gasteiger partial charge in [0.25, 0.3) is 0 Å². The minimum absolute atomic E-state index is 0.515. The summed E-state index contributed by atoms with van der Waals surface area (Å²) in [7, 11) is 0. The second-order valence-electron chi connectivity index (χ2n) is 13.6. The monoisotopic (exact) mass is 653 g/mol. The summed E-state index contributed by atoms with van der Waals surface area (Å²) in [5.74, 6) is 1.81. The lowest BCUT2D eigenvalue weighted by atomic mass is 9.66. The summed E-state index contributed by atoms with van der Waals surface area (Å²) in [4.78, 5) is 0. The summed E-state index contributed by atoms with van der Waals surface area (Å²) in [6.45, 7) is 0. The fraction of sp³-hybridized carbons (Fsp3) is 0.0213. The van der Waals surface area contributed by atoms with Crippen molar-refractivity contribution in [1.29, 1.82) is 0 Å². The maximum atomic E-state index is 6.98. The van der Waals surface area contributed by atoms with Gasteiger partial charge < -0.3 is 9.30 Å². The first-order valence-corrected chi connectivity index (χ1v) is 18.0. The molecule has 3 heterocycles. The molecule has 0 radical (unpaired) electrons. The Labute approximate surface area is 292 Å². The average molecular weight is 654 g/mol. The van der Waals surface area contributed by atoms with Crippen LogP contribution in [0.4, 0.5) is 0 Å². The Hall–Kier alpha value is -6.16. The highest BCUT2D eigenvalue weighted by Crippen LogP contribution is 2.62. The third kappa shape index (κ3) is 3.24. The lowest BCUT2D eigenvalue weighted by molar-refractivity contribution is 0.437. The molecule has 0 amide bonds. The Morgan fingerprint density at radius 2 is 1.12 bits per heavy atom. The van der Waals surface area contributed by atoms with Crippen LogP contribution in [-0.2, 0) is 5.41 Å². The van der Waals surface area contributed by atoms with Crippen molar-refractivity contribution in [3.05, 3.63) is 186 Å². The van der Waals surface area contributed by atoms with E-state index < -0.39 is 5.41 Å². The van der Waals surface area contributed by atoms with E-state index in [2.05, 4.69) is 168 Å². The van der Waals surface area contributed by atoms with E-state index in [1.165, 1.54) is 80.6 Å². The maximum Gasteiger partial charge on any atom is 0.134 e. The van der Waals surface area contributed by atoms with Gasteiger partial charge in [-0.25, -0.2) is 0 Å². The molecular weight excluding hydrogens is 627 g/mol. The van der Waals surface area contributed by atoms with Gasteiger partial charge in [-0.1, -0.05) is 115 Å². The third-order valence-electron chi connectivity index (χ3n) is 11.2. The second-order valence-corrected chi connectivity index (χ2v) is 14.7. The number of rotatable bonds is 1. The Morgan fingerprint density at radius 3 is 1.96 bits per heavy atom. The molecule has 50 heavy (non-hydrogen) atoms. The number of thiophene rings is 1. The quantitative estimate of drug-likeness (QED) is 0.172. The fourth-order valence-electron chi connectivity index (χ4n) is 9.27. The van der Waals surface area contributed by atoms with Gasteiger partial charge in [-0.05, 0) is 75.5 Å². The highest BCUT2D eigenvalue weighted by atomic mass is 32.1. The molecule has 2 aromatic heterocycles. The van der Waals surface area contributed by atoms with Gasteiger partial charge in [-0.3, -0.25) is 0 Å². The van der Waals surface area contributed by atoms with E-state index in [9.17, 15) is 0 Å². The number of hydrogen-bond donors (Lipinski definition) is 0. The third-order valence-corrected chi connectivity index (χ3v) is 12.4. The van der Waals surface area contributed by atoms with Crippen molar-refractivity contribution in [3.63, 3.8) is 0 Å². The molecule has 0 saturated carbocycles. The van der Waals surface area contributed by atoms with E-state index in [1.54, 1.807) is 0 Å². The predicted octanol–water partition coefficient (Wildman–Crippen LogP) is 12.8. The number of para-hydroxylation sites is 1. The van der Waals surface area contributed by atoms with Crippen LogP contribution in [-0.4, -0.2) is 4.57 Å². The summed E-state index contributed by atoms with van der Waals surface area (Å²) >= 11 is 1.86. The minimum atomic E-state index is -0.515. The topological polar surface area (TPSA) is 14.2 Å². The van der Waals surface area contributed by atoms with Crippen molar-refractivity contribution in [2.24, 2.45) is 0 Å². The van der Waals surface area contributed by atoms with E-state index in [0.29, 0.717) is 0 Å². The minimum Gasteiger partial charge on any atom is -0.457 e. The zero-order chi connectivity index (χ0) is 32.6. The summed E-state index contributed by atoms with van der Waals surface area (Å²) < 4.78 is 12.1. The van der Waals surface area contributed by atoms with E-state index >= 15 is 0 Å². The van der Waals surface area contributed by atoms with Crippen LogP contribution in [0.3, 0.4) is 0 Å². The van der Waals surface area contributed by atoms with E-state index in [4.69, 9.17) is 4.74 Å². The normalized spacial score (nSPS) is 13.9. The van der Waals surface area contributed by atoms with Crippen molar-refractivity contribution in [2.75, 3.05) is 0 Å². The van der Waals surface area contributed by atoms with Gasteiger partial charge in [0.1, 0.15) is 11.5 Å². The zero-order valence-corrected chi connectivity index (χ0v) is 27.7. The molecule has 8 aromatic carbocycles. The SMILES string of the molecule is c1ccc2c(c1)Oc1cc3c(cc1C21c2ccccc2-c2ccccc21)c1c2ccccc2ccc1n3-c1ccc2sc3ccccc3c2c1. The van der Waals surface area contributed by atoms with Crippen molar-refractivity contribution >= 4 is 64.1 Å². The number of benzene rings is 8. The second kappa shape index (κ2) is 9.50. The summed E-state index contributed by atoms with van der Waals surface area (Å²) in [5, 5.41) is 7.59. The zero-order valence-electron chi connectivity index (χ0n) is 26.9. The molecule has 1 aliphatic heterocycles. The Kier molecular flexibility index (Phi) is 5.08. The Bertz CT molecular complexity index is 3040. The van der Waals surface area contributed by atoms with Gasteiger partial charge in [0, 0.05) is 53.8 Å². The number of fused-ring (bicyclic) bond motifs is 17. The van der Waals surface area contributed by atoms with E-state index in [0.717, 1.165) is 22.7 Å². The predicted molar refractivity (Wildman–Crippen MR) is 209 cm³/mol. The summed E-state index contributed by atoms with van der Waals surface area (Å²) in [6.07, 6.45) is 0. The lowest BCUT2D eigenvalue weighted by Crippen LogP contribution is -2.32. The molecule has 2 nitrogen and oxygen atoms in total. The molecule has 0 unspecified atom stereocenters. The van der Waals surface area contributed by atoms with Crippen molar-refractivity contribution in [3.8, 4) is 28.3 Å². The standard InChI is InChI=1S/C47H27NOS/c1-2-12-30-28(11-1)21-23-40-46(30)35-26-39-43(27-41(35)48(40)29-22-24-45-34(25-29)33-15-5-10-20-44(33)50-45)49-42-19-9-8-18-38(42)47(39)36-16-6-3-13-31(36)32-14-4-7-17-37(32)47/h1-27H. The molecule has 1 spiro atoms. The van der Waals surface area contributed by atoms with E-state index in [1.807, 2.05) is 11.3 Å². The molecule has 232 valence electrons. The maximum absolute atomic E-state index is 6.98. The van der Waals surface area contributed by atoms with Crippen LogP contribution in [0.25, 0.3) is 69.6 Å². The Morgan fingerprint density at radius 1 is 0.440 bits per heavy atom. The van der Waals surface area contributed by atoms with Gasteiger partial charge >= 0.3 is 0 Å². The highest BCUT2D eigenvalue weighted by molar-refractivity contribution is 7.25. The largest absolute Gasteiger partial charge is 0.457 e. The molecule has 0 atom stereocenters. The Balaban J connectivity index is 1.25. The molecule has 0 bridgehead atoms. The first-order chi connectivity index (χ1) is 24.8. The van der Waals surface area contributed by atoms with Gasteiger partial charge in [-0.2, -0.15) is 0 Å². The molecule has 10 aromatic rings. The lowest BCUT2D eigenvalue weighted by Gasteiger charge is -2.39. The molecule has 1 aliphatic carbocycles. The summed E-state index contributed by atoms with van der Waals surface area (Å²) in [6, 6.07) is 60.4. The van der Waals surface area contributed by atoms with Gasteiger partial charge in [0.2, 0.25) is 0 Å². The van der Waals surface area contributed by atoms with Crippen LogP contribution in [0.5, 0.6) is 11.5 Å². The summed E-state index contributed by atoms with van der Waals surface area (Å²) in [5.41, 5.74) is 10.5. The van der Waals surface area contributed by atoms with Gasteiger partial charge in [0.15, 0.2) is 0 Å². The molecule has 0 saturated heterocycles. The molecule has 2 aliphatic rings. The van der Waals surface area contributed by atoms with Crippen molar-refractivity contribution < 1.29 is 4.74 Å². The van der Waals surface area contributed by atoms with Crippen LogP contribution in [0.1, 0.15) is 22.3 Å². The van der Waals surface area contributed by atoms with Crippen LogP contribution < -0.4 is 4.74 Å². The average Bonchev–Trinajstić information content (AvgIpc) is 3.80. The van der Waals surface area contributed by atoms with Crippen molar-refractivity contribution in [1.82, 2.24) is 4.57 Å². The number of aromatic nitrogens is 1. The number of nitrogens with zero attached hydrogens (tertiary/aromatic N) is 1. The number of hydrogen-bond acceptors (Lipinski definition) is 2. The van der Waals surface area contributed by atoms with Crippen LogP contribution >= 0.6 is 11.3 Å². The first-order valence-electron chi connectivity index (χ1n) is 17.2. The smallest absolute Gasteiger partial charge is 0.134 e. The highest BCUT2D eigenvalue weighted by Gasteiger charge is 2.51. The number of ether oxygens (including phenoxy) is 1. The van der Waals surface area contributed by atoms with Crippen molar-refractivity contribution in [2.45, 2.75) is 5.41 Å². The van der Waals surface area contributed by atoms with Gasteiger partial charge in [0.05, 0.1) is 16.4 Å².